The first kappa shape index (κ1) is 38.7. The summed E-state index contributed by atoms with van der Waals surface area (Å²) in [7, 11) is -9.10. The first-order chi connectivity index (χ1) is 22.7. The van der Waals surface area contributed by atoms with Crippen molar-refractivity contribution >= 4 is 42.4 Å². The lowest BCUT2D eigenvalue weighted by molar-refractivity contribution is -0.214. The van der Waals surface area contributed by atoms with Gasteiger partial charge in [-0.05, 0) is 41.5 Å². The molecule has 6 N–H and O–H groups in total. The molecule has 5 heterocycles. The van der Waals surface area contributed by atoms with Gasteiger partial charge in [0.2, 0.25) is 16.8 Å². The molecule has 3 aliphatic rings. The molecule has 3 saturated heterocycles. The Morgan fingerprint density at radius 1 is 1.16 bits per heavy atom. The normalized spacial score (nSPS) is 35.5. The van der Waals surface area contributed by atoms with Gasteiger partial charge >= 0.3 is 5.51 Å². The van der Waals surface area contributed by atoms with Gasteiger partial charge in [-0.25, -0.2) is 13.4 Å². The lowest BCUT2D eigenvalue weighted by atomic mass is 9.94. The van der Waals surface area contributed by atoms with Gasteiger partial charge in [-0.3, -0.25) is 24.5 Å². The fraction of sp³-hybridized carbons (Fsp3) is 0.786. The molecule has 1 amide bonds. The highest BCUT2D eigenvalue weighted by Crippen LogP contribution is 2.66. The van der Waals surface area contributed by atoms with Gasteiger partial charge in [0.25, 0.3) is 15.4 Å². The first-order valence-electron chi connectivity index (χ1n) is 15.7. The highest BCUT2D eigenvalue weighted by Gasteiger charge is 2.91. The van der Waals surface area contributed by atoms with Crippen LogP contribution in [0, 0.1) is 5.92 Å². The van der Waals surface area contributed by atoms with Crippen molar-refractivity contribution in [1.82, 2.24) is 19.5 Å². The summed E-state index contributed by atoms with van der Waals surface area (Å²) >= 11 is 0. The summed E-state index contributed by atoms with van der Waals surface area (Å²) in [6.45, 7) is 11.2. The van der Waals surface area contributed by atoms with Crippen LogP contribution in [0.3, 0.4) is 0 Å². The van der Waals surface area contributed by atoms with E-state index in [1.165, 1.54) is 34.6 Å². The molecule has 1 unspecified atom stereocenters. The van der Waals surface area contributed by atoms with E-state index in [4.69, 9.17) is 18.9 Å². The molecule has 1 spiro atoms. The van der Waals surface area contributed by atoms with Gasteiger partial charge in [-0.2, -0.15) is 18.2 Å². The molecule has 0 bridgehead atoms. The minimum atomic E-state index is -6.73. The predicted octanol–water partition coefficient (Wildman–Crippen LogP) is -1.08. The van der Waals surface area contributed by atoms with Crippen molar-refractivity contribution in [2.75, 3.05) is 11.9 Å². The number of aliphatic hydroxyl groups is 4. The number of ether oxygens (including phenoxy) is 4. The number of sulfone groups is 1. The van der Waals surface area contributed by atoms with E-state index >= 15 is 0 Å². The second-order valence-corrected chi connectivity index (χ2v) is 19.7. The van der Waals surface area contributed by atoms with E-state index in [1.54, 1.807) is 20.8 Å². The Kier molecular flexibility index (Phi) is 9.28. The molecule has 0 aliphatic carbocycles. The molecular weight excluding hydrogens is 715 g/mol. The number of alkyl halides is 3. The lowest BCUT2D eigenvalue weighted by Crippen LogP contribution is -2.62. The number of anilines is 1. The summed E-state index contributed by atoms with van der Waals surface area (Å²) in [6, 6.07) is 0. The Balaban J connectivity index is 1.81. The average molecular weight is 758 g/mol. The Morgan fingerprint density at radius 2 is 1.78 bits per heavy atom. The van der Waals surface area contributed by atoms with Crippen LogP contribution in [0.5, 0.6) is 0 Å². The number of hydrogen-bond donors (Lipinski definition) is 6. The largest absolute Gasteiger partial charge is 0.500 e. The maximum Gasteiger partial charge on any atom is 0.500 e. The number of amides is 1. The number of aromatic amines is 1. The number of rotatable bonds is 8. The minimum absolute atomic E-state index is 0.460. The first-order valence-corrected chi connectivity index (χ1v) is 18.6. The molecule has 17 nitrogen and oxygen atoms in total. The summed E-state index contributed by atoms with van der Waals surface area (Å²) in [5.74, 6) is -1.65. The maximum absolute atomic E-state index is 14.7. The number of halogens is 3. The zero-order valence-corrected chi connectivity index (χ0v) is 30.7. The third kappa shape index (κ3) is 5.89. The molecule has 22 heteroatoms. The van der Waals surface area contributed by atoms with Crippen molar-refractivity contribution in [2.45, 2.75) is 124 Å². The fourth-order valence-corrected chi connectivity index (χ4v) is 11.2. The number of nitrogens with zero attached hydrogens (tertiary/aromatic N) is 3. The Hall–Kier alpha value is -2.54. The van der Waals surface area contributed by atoms with Crippen LogP contribution in [0.1, 0.15) is 61.6 Å². The monoisotopic (exact) mass is 757 g/mol. The molecule has 2 aromatic rings. The molecule has 2 aromatic heterocycles. The third-order valence-corrected chi connectivity index (χ3v) is 13.5. The van der Waals surface area contributed by atoms with E-state index in [9.17, 15) is 51.6 Å². The van der Waals surface area contributed by atoms with Crippen LogP contribution in [0.25, 0.3) is 11.2 Å². The van der Waals surface area contributed by atoms with Gasteiger partial charge in [0, 0.05) is 5.92 Å². The number of carbonyl (C=O) groups is 1. The number of imidazole rings is 1. The highest BCUT2D eigenvalue weighted by atomic mass is 32.2. The van der Waals surface area contributed by atoms with Crippen molar-refractivity contribution in [3.8, 4) is 0 Å². The smallest absolute Gasteiger partial charge is 0.394 e. The molecule has 0 radical (unpaired) electrons. The molecule has 0 saturated carbocycles. The zero-order chi connectivity index (χ0) is 37.8. The number of aromatic nitrogens is 4. The second-order valence-electron chi connectivity index (χ2n) is 15.1. The predicted molar refractivity (Wildman–Crippen MR) is 169 cm³/mol. The van der Waals surface area contributed by atoms with Crippen LogP contribution in [0.2, 0.25) is 0 Å². The quantitative estimate of drug-likeness (QED) is 0.176. The van der Waals surface area contributed by atoms with Gasteiger partial charge in [0.15, 0.2) is 17.4 Å². The number of aliphatic hydroxyl groups excluding tert-OH is 3. The van der Waals surface area contributed by atoms with E-state index in [2.05, 4.69) is 20.3 Å². The highest BCUT2D eigenvalue weighted by molar-refractivity contribution is 7.93. The van der Waals surface area contributed by atoms with Crippen molar-refractivity contribution in [2.24, 2.45) is 5.92 Å². The van der Waals surface area contributed by atoms with Gasteiger partial charge in [-0.15, -0.1) is 0 Å². The molecule has 282 valence electrons. The van der Waals surface area contributed by atoms with Crippen LogP contribution < -0.4 is 10.9 Å². The maximum atomic E-state index is 14.7. The summed E-state index contributed by atoms with van der Waals surface area (Å²) in [6.07, 6.45) is -10.7. The van der Waals surface area contributed by atoms with Gasteiger partial charge in [0.1, 0.15) is 50.5 Å². The van der Waals surface area contributed by atoms with E-state index in [1.807, 2.05) is 0 Å². The Bertz CT molecular complexity index is 1830. The summed E-state index contributed by atoms with van der Waals surface area (Å²) < 4.78 is 96.8. The molecule has 9 atom stereocenters. The van der Waals surface area contributed by atoms with Crippen molar-refractivity contribution in [3.05, 3.63) is 16.7 Å². The van der Waals surface area contributed by atoms with E-state index in [-0.39, 0.29) is 0 Å². The van der Waals surface area contributed by atoms with Crippen LogP contribution in [0.15, 0.2) is 11.1 Å². The minimum Gasteiger partial charge on any atom is -0.394 e. The molecule has 50 heavy (non-hydrogen) atoms. The van der Waals surface area contributed by atoms with Gasteiger partial charge < -0.3 is 39.4 Å². The molecule has 3 aliphatic heterocycles. The summed E-state index contributed by atoms with van der Waals surface area (Å²) in [5, 5.41) is 42.2. The van der Waals surface area contributed by atoms with Crippen LogP contribution >= 0.6 is 0 Å². The number of carbonyl (C=O) groups excluding carboxylic acids is 1. The van der Waals surface area contributed by atoms with E-state index in [0.29, 0.717) is 4.57 Å². The number of H-pyrrole nitrogens is 1. The SMILES string of the molecule is CC(C)C(=O)Nc1nc2c(ncn2[C@@H]2O[C@@]3([SiH2]C3(OC(C)(C)C)[C@@H]3O[C@H](CO)[C@@H](O)[C@@H]3O)[C@@H](OC(C)(C)C)[C@]2(O)S(=O)(=O)C(F)(F)F)c(=O)[nH]1. The van der Waals surface area contributed by atoms with Gasteiger partial charge in [-0.1, -0.05) is 13.8 Å². The molecule has 3 fully saturated rings. The van der Waals surface area contributed by atoms with Crippen molar-refractivity contribution in [1.29, 1.82) is 0 Å². The number of hydrogen-bond acceptors (Lipinski definition) is 14. The summed E-state index contributed by atoms with van der Waals surface area (Å²) in [5.41, 5.74) is -10.8. The third-order valence-electron chi connectivity index (χ3n) is 8.74. The van der Waals surface area contributed by atoms with Crippen LogP contribution in [-0.2, 0) is 33.6 Å². The van der Waals surface area contributed by atoms with Crippen LogP contribution in [-0.4, -0.2) is 133 Å². The van der Waals surface area contributed by atoms with Gasteiger partial charge in [0.05, 0.1) is 24.1 Å². The summed E-state index contributed by atoms with van der Waals surface area (Å²) in [4.78, 5) is 31.6. The Morgan fingerprint density at radius 3 is 2.28 bits per heavy atom. The second kappa shape index (κ2) is 12.0. The molecule has 0 aromatic carbocycles. The van der Waals surface area contributed by atoms with Crippen molar-refractivity contribution in [3.63, 3.8) is 0 Å². The molecule has 5 rings (SSSR count). The van der Waals surface area contributed by atoms with E-state index < -0.39 is 129 Å². The van der Waals surface area contributed by atoms with Crippen molar-refractivity contribution < 1.29 is 65.8 Å². The Labute approximate surface area is 286 Å². The zero-order valence-electron chi connectivity index (χ0n) is 28.5. The molecular formula is C28H42F3N5O12SSi. The number of fused-ring (bicyclic) bond motifs is 1. The lowest BCUT2D eigenvalue weighted by Gasteiger charge is -2.41. The fourth-order valence-electron chi connectivity index (χ4n) is 6.63. The van der Waals surface area contributed by atoms with Crippen LogP contribution in [0.4, 0.5) is 19.1 Å². The number of nitrogens with one attached hydrogen (secondary N) is 2. The topological polar surface area (TPSA) is 245 Å². The average Bonchev–Trinajstić information content (AvgIpc) is 3.17. The standard InChI is InChI=1S/C28H42F3N5O12SSi/c1-11(2)18(40)34-22-33-17-13(19(41)35-22)32-10-36(17)21-25(42,49(43,44)28(29,30)31)20(46-23(3,4)5)27(47-21)26(50-27,48-24(6,7)8)16-15(39)14(38)12(9-37)45-16/h10-12,14-16,20-21,37-39,42H,9,50H2,1-8H3,(H2,33,34,35,40,41)/t12-,14-,15+,16-,20+,21-,25+,26?,27-/m1/s1. The van der Waals surface area contributed by atoms with E-state index in [0.717, 1.165) is 6.33 Å².